The molecule has 5 nitrogen and oxygen atoms in total. The van der Waals surface area contributed by atoms with Crippen LogP contribution < -0.4 is 0 Å². The Bertz CT molecular complexity index is 580. The van der Waals surface area contributed by atoms with Crippen molar-refractivity contribution in [2.75, 3.05) is 27.2 Å². The van der Waals surface area contributed by atoms with Crippen LogP contribution in [0.3, 0.4) is 0 Å². The third-order valence-corrected chi connectivity index (χ3v) is 6.64. The van der Waals surface area contributed by atoms with Crippen molar-refractivity contribution in [1.82, 2.24) is 9.21 Å². The molecule has 1 aromatic rings. The zero-order valence-electron chi connectivity index (χ0n) is 12.3. The summed E-state index contributed by atoms with van der Waals surface area (Å²) >= 11 is 1.49. The first-order chi connectivity index (χ1) is 9.21. The smallest absolute Gasteiger partial charge is 0.244 e. The van der Waals surface area contributed by atoms with Crippen LogP contribution >= 0.6 is 11.3 Å². The summed E-state index contributed by atoms with van der Waals surface area (Å²) in [6.45, 7) is 4.55. The number of sulfonamides is 1. The molecule has 2 atom stereocenters. The number of aryl methyl sites for hydroxylation is 2. The molecule has 0 radical (unpaired) electrons. The summed E-state index contributed by atoms with van der Waals surface area (Å²) in [5, 5.41) is 9.85. The van der Waals surface area contributed by atoms with Crippen molar-refractivity contribution in [3.8, 4) is 0 Å². The van der Waals surface area contributed by atoms with Crippen LogP contribution in [0.1, 0.15) is 16.2 Å². The Hall–Kier alpha value is -0.470. The number of β-amino-alcohol motifs (C(OH)–C–C–N with tert-alkyl or cyclic N) is 1. The predicted molar refractivity (Wildman–Crippen MR) is 80.7 cm³/mol. The third-order valence-electron chi connectivity index (χ3n) is 3.50. The van der Waals surface area contributed by atoms with E-state index in [0.29, 0.717) is 17.9 Å². The first-order valence-electron chi connectivity index (χ1n) is 6.63. The van der Waals surface area contributed by atoms with E-state index in [-0.39, 0.29) is 12.6 Å². The molecule has 0 aromatic carbocycles. The lowest BCUT2D eigenvalue weighted by Crippen LogP contribution is -2.41. The van der Waals surface area contributed by atoms with Crippen LogP contribution in [0, 0.1) is 13.8 Å². The van der Waals surface area contributed by atoms with E-state index in [2.05, 4.69) is 0 Å². The van der Waals surface area contributed by atoms with Crippen LogP contribution in [-0.2, 0) is 10.0 Å². The summed E-state index contributed by atoms with van der Waals surface area (Å²) < 4.78 is 27.1. The van der Waals surface area contributed by atoms with E-state index in [0.717, 1.165) is 9.75 Å². The van der Waals surface area contributed by atoms with Gasteiger partial charge in [-0.25, -0.2) is 8.42 Å². The van der Waals surface area contributed by atoms with Crippen molar-refractivity contribution in [2.24, 2.45) is 0 Å². The molecule has 7 heteroatoms. The van der Waals surface area contributed by atoms with E-state index < -0.39 is 16.1 Å². The Morgan fingerprint density at radius 3 is 2.60 bits per heavy atom. The van der Waals surface area contributed by atoms with Crippen molar-refractivity contribution in [2.45, 2.75) is 37.3 Å². The Labute approximate surface area is 124 Å². The van der Waals surface area contributed by atoms with Crippen LogP contribution in [-0.4, -0.2) is 62.1 Å². The molecule has 0 aliphatic carbocycles. The highest BCUT2D eigenvalue weighted by atomic mass is 32.2. The topological polar surface area (TPSA) is 60.9 Å². The predicted octanol–water partition coefficient (Wildman–Crippen LogP) is 1.05. The minimum atomic E-state index is -3.52. The average Bonchev–Trinajstić information content (AvgIpc) is 2.81. The number of nitrogens with zero attached hydrogens (tertiary/aromatic N) is 2. The van der Waals surface area contributed by atoms with Gasteiger partial charge >= 0.3 is 0 Å². The van der Waals surface area contributed by atoms with Crippen LogP contribution in [0.2, 0.25) is 0 Å². The average molecular weight is 318 g/mol. The molecule has 1 aliphatic rings. The van der Waals surface area contributed by atoms with Crippen molar-refractivity contribution < 1.29 is 13.5 Å². The van der Waals surface area contributed by atoms with Crippen LogP contribution in [0.25, 0.3) is 0 Å². The lowest BCUT2D eigenvalue weighted by atomic mass is 10.2. The summed E-state index contributed by atoms with van der Waals surface area (Å²) in [5.74, 6) is 0. The number of likely N-dealkylation sites (N-methyl/N-ethyl adjacent to an activating group) is 1. The summed E-state index contributed by atoms with van der Waals surface area (Å²) in [7, 11) is 0.305. The summed E-state index contributed by atoms with van der Waals surface area (Å²) in [5.41, 5.74) is 0. The van der Waals surface area contributed by atoms with E-state index in [1.54, 1.807) is 6.07 Å². The Morgan fingerprint density at radius 1 is 1.45 bits per heavy atom. The van der Waals surface area contributed by atoms with Gasteiger partial charge in [0.15, 0.2) is 0 Å². The van der Waals surface area contributed by atoms with Gasteiger partial charge in [0.05, 0.1) is 11.0 Å². The molecular weight excluding hydrogens is 296 g/mol. The highest BCUT2D eigenvalue weighted by Gasteiger charge is 2.40. The van der Waals surface area contributed by atoms with Gasteiger partial charge in [-0.05, 0) is 40.4 Å². The van der Waals surface area contributed by atoms with Crippen LogP contribution in [0.4, 0.5) is 0 Å². The number of rotatable bonds is 4. The van der Waals surface area contributed by atoms with Gasteiger partial charge in [0.25, 0.3) is 0 Å². The molecule has 114 valence electrons. The highest BCUT2D eigenvalue weighted by molar-refractivity contribution is 7.89. The van der Waals surface area contributed by atoms with Crippen molar-refractivity contribution in [1.29, 1.82) is 0 Å². The number of aliphatic hydroxyl groups excluding tert-OH is 1. The molecule has 2 rings (SSSR count). The minimum absolute atomic E-state index is 0.162. The van der Waals surface area contributed by atoms with Gasteiger partial charge in [-0.15, -0.1) is 11.3 Å². The van der Waals surface area contributed by atoms with Crippen molar-refractivity contribution in [3.63, 3.8) is 0 Å². The molecule has 1 aromatic heterocycles. The molecule has 2 unspecified atom stereocenters. The molecule has 2 heterocycles. The molecule has 0 bridgehead atoms. The fourth-order valence-electron chi connectivity index (χ4n) is 2.73. The van der Waals surface area contributed by atoms with Gasteiger partial charge in [0, 0.05) is 28.9 Å². The van der Waals surface area contributed by atoms with E-state index in [1.807, 2.05) is 32.8 Å². The SMILES string of the molecule is Cc1cc(S(=O)(=O)N2CC(O)CC2CN(C)C)c(C)s1. The second-order valence-electron chi connectivity index (χ2n) is 5.66. The van der Waals surface area contributed by atoms with E-state index in [1.165, 1.54) is 15.6 Å². The highest BCUT2D eigenvalue weighted by Crippen LogP contribution is 2.32. The summed E-state index contributed by atoms with van der Waals surface area (Å²) in [6.07, 6.45) is -0.0747. The fraction of sp³-hybridized carbons (Fsp3) is 0.692. The minimum Gasteiger partial charge on any atom is -0.392 e. The third kappa shape index (κ3) is 3.07. The maximum absolute atomic E-state index is 12.8. The normalized spacial score (nSPS) is 24.7. The van der Waals surface area contributed by atoms with Gasteiger partial charge in [-0.1, -0.05) is 0 Å². The van der Waals surface area contributed by atoms with Crippen LogP contribution in [0.5, 0.6) is 0 Å². The monoisotopic (exact) mass is 318 g/mol. The molecule has 0 saturated carbocycles. The number of hydrogen-bond donors (Lipinski definition) is 1. The van der Waals surface area contributed by atoms with E-state index >= 15 is 0 Å². The maximum Gasteiger partial charge on any atom is 0.244 e. The maximum atomic E-state index is 12.8. The second kappa shape index (κ2) is 5.73. The second-order valence-corrected chi connectivity index (χ2v) is 8.98. The first kappa shape index (κ1) is 15.9. The zero-order valence-corrected chi connectivity index (χ0v) is 14.0. The Balaban J connectivity index is 2.34. The van der Waals surface area contributed by atoms with Gasteiger partial charge in [-0.2, -0.15) is 4.31 Å². The largest absolute Gasteiger partial charge is 0.392 e. The molecule has 0 amide bonds. The molecule has 20 heavy (non-hydrogen) atoms. The molecule has 0 spiro atoms. The molecule has 1 saturated heterocycles. The summed E-state index contributed by atoms with van der Waals surface area (Å²) in [4.78, 5) is 4.15. The van der Waals surface area contributed by atoms with E-state index in [9.17, 15) is 13.5 Å². The van der Waals surface area contributed by atoms with Crippen molar-refractivity contribution in [3.05, 3.63) is 15.8 Å². The quantitative estimate of drug-likeness (QED) is 0.901. The van der Waals surface area contributed by atoms with Crippen LogP contribution in [0.15, 0.2) is 11.0 Å². The first-order valence-corrected chi connectivity index (χ1v) is 8.89. The zero-order chi connectivity index (χ0) is 15.1. The number of aliphatic hydroxyl groups is 1. The van der Waals surface area contributed by atoms with Gasteiger partial charge in [0.1, 0.15) is 0 Å². The number of thiophene rings is 1. The lowest BCUT2D eigenvalue weighted by molar-refractivity contribution is 0.188. The Kier molecular flexibility index (Phi) is 4.56. The van der Waals surface area contributed by atoms with Gasteiger partial charge in [-0.3, -0.25) is 0 Å². The molecular formula is C13H22N2O3S2. The molecule has 1 fully saturated rings. The van der Waals surface area contributed by atoms with E-state index in [4.69, 9.17) is 0 Å². The summed E-state index contributed by atoms with van der Waals surface area (Å²) in [6, 6.07) is 1.57. The molecule has 1 aliphatic heterocycles. The molecule has 1 N–H and O–H groups in total. The van der Waals surface area contributed by atoms with Gasteiger partial charge < -0.3 is 10.0 Å². The standard InChI is InChI=1S/C13H22N2O3S2/c1-9-5-13(10(2)19-9)20(17,18)15-8-12(16)6-11(15)7-14(3)4/h5,11-12,16H,6-8H2,1-4H3. The number of hydrogen-bond acceptors (Lipinski definition) is 5. The lowest BCUT2D eigenvalue weighted by Gasteiger charge is -2.26. The Morgan fingerprint density at radius 2 is 2.10 bits per heavy atom. The van der Waals surface area contributed by atoms with Gasteiger partial charge in [0.2, 0.25) is 10.0 Å². The van der Waals surface area contributed by atoms with Crippen molar-refractivity contribution >= 4 is 21.4 Å². The fourth-order valence-corrected chi connectivity index (χ4v) is 5.92.